The number of para-hydroxylation sites is 1. The van der Waals surface area contributed by atoms with E-state index in [1.807, 2.05) is 19.1 Å². The summed E-state index contributed by atoms with van der Waals surface area (Å²) in [5.74, 6) is -0.927. The lowest BCUT2D eigenvalue weighted by molar-refractivity contribution is 0.0506. The van der Waals surface area contributed by atoms with Crippen LogP contribution < -0.4 is 4.74 Å². The lowest BCUT2D eigenvalue weighted by Gasteiger charge is -2.09. The van der Waals surface area contributed by atoms with Gasteiger partial charge in [-0.15, -0.1) is 0 Å². The molecular weight excluding hydrogens is 306 g/mol. The van der Waals surface area contributed by atoms with Crippen LogP contribution in [0.15, 0.2) is 60.9 Å². The van der Waals surface area contributed by atoms with E-state index in [1.54, 1.807) is 42.6 Å². The summed E-state index contributed by atoms with van der Waals surface area (Å²) in [7, 11) is 0. The van der Waals surface area contributed by atoms with E-state index in [9.17, 15) is 9.59 Å². The Balaban J connectivity index is 2.03. The highest BCUT2D eigenvalue weighted by atomic mass is 16.5. The van der Waals surface area contributed by atoms with Gasteiger partial charge in [0.1, 0.15) is 11.3 Å². The first-order valence-electron chi connectivity index (χ1n) is 7.75. The molecule has 5 nitrogen and oxygen atoms in total. The minimum atomic E-state index is -0.575. The summed E-state index contributed by atoms with van der Waals surface area (Å²) in [4.78, 5) is 28.1. The predicted octanol–water partition coefficient (Wildman–Crippen LogP) is 3.81. The summed E-state index contributed by atoms with van der Waals surface area (Å²) in [6.45, 7) is 2.32. The summed E-state index contributed by atoms with van der Waals surface area (Å²) in [5, 5.41) is 0. The second-order valence-electron chi connectivity index (χ2n) is 4.93. The minimum Gasteiger partial charge on any atom is -0.462 e. The van der Waals surface area contributed by atoms with Gasteiger partial charge in [0, 0.05) is 12.4 Å². The van der Waals surface area contributed by atoms with Gasteiger partial charge in [0.25, 0.3) is 0 Å². The molecule has 0 fully saturated rings. The first-order chi connectivity index (χ1) is 11.7. The van der Waals surface area contributed by atoms with Crippen LogP contribution >= 0.6 is 0 Å². The van der Waals surface area contributed by atoms with E-state index in [-0.39, 0.29) is 17.9 Å². The molecule has 0 aliphatic carbocycles. The topological polar surface area (TPSA) is 65.5 Å². The average Bonchev–Trinajstić information content (AvgIpc) is 2.62. The van der Waals surface area contributed by atoms with Gasteiger partial charge in [-0.1, -0.05) is 31.2 Å². The normalized spacial score (nSPS) is 10.5. The molecule has 0 spiro atoms. The zero-order valence-corrected chi connectivity index (χ0v) is 13.5. The molecule has 2 rings (SSSR count). The number of allylic oxidation sites excluding steroid dienone is 1. The standard InChI is InChI=1S/C19H19NO4/c1-2-3-4-7-13-23-19(22)16-10-5-6-11-17(16)24-18(21)15-9-8-12-20-14-15/h3-6,8-12,14H,2,7,13H2,1H3/b4-3+. The number of carbonyl (C=O) groups is 2. The number of hydrogen-bond donors (Lipinski definition) is 0. The third-order valence-corrected chi connectivity index (χ3v) is 3.13. The number of ether oxygens (including phenoxy) is 2. The van der Waals surface area contributed by atoms with Crippen molar-refractivity contribution in [1.82, 2.24) is 4.98 Å². The van der Waals surface area contributed by atoms with E-state index in [1.165, 1.54) is 6.20 Å². The van der Waals surface area contributed by atoms with E-state index >= 15 is 0 Å². The van der Waals surface area contributed by atoms with Crippen LogP contribution in [-0.4, -0.2) is 23.5 Å². The molecule has 0 atom stereocenters. The van der Waals surface area contributed by atoms with Gasteiger partial charge in [-0.05, 0) is 37.1 Å². The van der Waals surface area contributed by atoms with Crippen molar-refractivity contribution in [2.75, 3.05) is 6.61 Å². The number of esters is 2. The van der Waals surface area contributed by atoms with Crippen LogP contribution in [0, 0.1) is 0 Å². The van der Waals surface area contributed by atoms with Gasteiger partial charge >= 0.3 is 11.9 Å². The molecule has 1 aromatic heterocycles. The summed E-state index contributed by atoms with van der Waals surface area (Å²) in [6, 6.07) is 9.73. The highest BCUT2D eigenvalue weighted by Crippen LogP contribution is 2.20. The van der Waals surface area contributed by atoms with E-state index < -0.39 is 11.9 Å². The quantitative estimate of drug-likeness (QED) is 0.335. The van der Waals surface area contributed by atoms with Crippen molar-refractivity contribution < 1.29 is 19.1 Å². The van der Waals surface area contributed by atoms with E-state index in [0.717, 1.165) is 6.42 Å². The first kappa shape index (κ1) is 17.4. The number of rotatable bonds is 7. The summed E-state index contributed by atoms with van der Waals surface area (Å²) >= 11 is 0. The number of benzene rings is 1. The Labute approximate surface area is 140 Å². The smallest absolute Gasteiger partial charge is 0.345 e. The van der Waals surface area contributed by atoms with E-state index in [0.29, 0.717) is 12.0 Å². The zero-order valence-electron chi connectivity index (χ0n) is 13.5. The number of pyridine rings is 1. The molecule has 0 aliphatic heterocycles. The Morgan fingerprint density at radius 2 is 1.92 bits per heavy atom. The molecule has 0 radical (unpaired) electrons. The molecule has 0 unspecified atom stereocenters. The number of hydrogen-bond acceptors (Lipinski definition) is 5. The van der Waals surface area contributed by atoms with Gasteiger partial charge in [-0.25, -0.2) is 9.59 Å². The molecule has 5 heteroatoms. The third kappa shape index (κ3) is 5.05. The Kier molecular flexibility index (Phi) is 6.71. The van der Waals surface area contributed by atoms with Gasteiger partial charge in [0.05, 0.1) is 12.2 Å². The van der Waals surface area contributed by atoms with Crippen molar-refractivity contribution in [3.8, 4) is 5.75 Å². The van der Waals surface area contributed by atoms with Crippen molar-refractivity contribution in [2.45, 2.75) is 19.8 Å². The maximum atomic E-state index is 12.2. The first-order valence-corrected chi connectivity index (χ1v) is 7.75. The van der Waals surface area contributed by atoms with Crippen LogP contribution in [0.3, 0.4) is 0 Å². The molecule has 2 aromatic rings. The molecule has 24 heavy (non-hydrogen) atoms. The predicted molar refractivity (Wildman–Crippen MR) is 90.0 cm³/mol. The van der Waals surface area contributed by atoms with Crippen molar-refractivity contribution in [2.24, 2.45) is 0 Å². The van der Waals surface area contributed by atoms with Crippen molar-refractivity contribution in [3.05, 3.63) is 72.1 Å². The Morgan fingerprint density at radius 3 is 2.67 bits per heavy atom. The molecule has 1 heterocycles. The maximum absolute atomic E-state index is 12.2. The van der Waals surface area contributed by atoms with Gasteiger partial charge in [0.15, 0.2) is 0 Å². The molecule has 1 aromatic carbocycles. The van der Waals surface area contributed by atoms with Crippen LogP contribution in [0.1, 0.15) is 40.5 Å². The number of nitrogens with zero attached hydrogens (tertiary/aromatic N) is 1. The van der Waals surface area contributed by atoms with Crippen molar-refractivity contribution >= 4 is 11.9 Å². The van der Waals surface area contributed by atoms with Gasteiger partial charge in [0.2, 0.25) is 0 Å². The van der Waals surface area contributed by atoms with Crippen LogP contribution in [0.4, 0.5) is 0 Å². The fraction of sp³-hybridized carbons (Fsp3) is 0.211. The Hall–Kier alpha value is -2.95. The fourth-order valence-electron chi connectivity index (χ4n) is 1.95. The summed E-state index contributed by atoms with van der Waals surface area (Å²) in [6.07, 6.45) is 8.54. The average molecular weight is 325 g/mol. The SMILES string of the molecule is CC/C=C/CCOC(=O)c1ccccc1OC(=O)c1cccnc1. The summed E-state index contributed by atoms with van der Waals surface area (Å²) in [5.41, 5.74) is 0.527. The second kappa shape index (κ2) is 9.25. The molecule has 0 saturated heterocycles. The number of aromatic nitrogens is 1. The highest BCUT2D eigenvalue weighted by Gasteiger charge is 2.17. The summed E-state index contributed by atoms with van der Waals surface area (Å²) < 4.78 is 10.5. The van der Waals surface area contributed by atoms with Gasteiger partial charge < -0.3 is 9.47 Å². The van der Waals surface area contributed by atoms with Crippen LogP contribution in [0.2, 0.25) is 0 Å². The monoisotopic (exact) mass is 325 g/mol. The van der Waals surface area contributed by atoms with E-state index in [2.05, 4.69) is 4.98 Å². The third-order valence-electron chi connectivity index (χ3n) is 3.13. The zero-order chi connectivity index (χ0) is 17.2. The minimum absolute atomic E-state index is 0.167. The van der Waals surface area contributed by atoms with Crippen LogP contribution in [0.25, 0.3) is 0 Å². The molecule has 0 amide bonds. The Morgan fingerprint density at radius 1 is 1.08 bits per heavy atom. The van der Waals surface area contributed by atoms with Crippen molar-refractivity contribution in [1.29, 1.82) is 0 Å². The number of carbonyl (C=O) groups excluding carboxylic acids is 2. The second-order valence-corrected chi connectivity index (χ2v) is 4.93. The Bertz CT molecular complexity index is 710. The molecule has 0 N–H and O–H groups in total. The van der Waals surface area contributed by atoms with Crippen LogP contribution in [-0.2, 0) is 4.74 Å². The lowest BCUT2D eigenvalue weighted by atomic mass is 10.2. The van der Waals surface area contributed by atoms with Crippen LogP contribution in [0.5, 0.6) is 5.75 Å². The van der Waals surface area contributed by atoms with E-state index in [4.69, 9.17) is 9.47 Å². The van der Waals surface area contributed by atoms with Gasteiger partial charge in [-0.3, -0.25) is 4.98 Å². The molecule has 0 bridgehead atoms. The fourth-order valence-corrected chi connectivity index (χ4v) is 1.95. The molecule has 124 valence electrons. The molecule has 0 saturated carbocycles. The molecular formula is C19H19NO4. The molecule has 0 aliphatic rings. The highest BCUT2D eigenvalue weighted by molar-refractivity contribution is 5.96. The lowest BCUT2D eigenvalue weighted by Crippen LogP contribution is -2.13. The maximum Gasteiger partial charge on any atom is 0.345 e. The van der Waals surface area contributed by atoms with Gasteiger partial charge in [-0.2, -0.15) is 0 Å². The largest absolute Gasteiger partial charge is 0.462 e. The van der Waals surface area contributed by atoms with Crippen molar-refractivity contribution in [3.63, 3.8) is 0 Å².